The van der Waals surface area contributed by atoms with Gasteiger partial charge in [0.1, 0.15) is 11.4 Å². The van der Waals surface area contributed by atoms with Gasteiger partial charge >= 0.3 is 5.97 Å². The predicted molar refractivity (Wildman–Crippen MR) is 102 cm³/mol. The molecule has 10 heteroatoms. The molecule has 0 saturated carbocycles. The van der Waals surface area contributed by atoms with E-state index in [-0.39, 0.29) is 27.6 Å². The molecule has 0 aliphatic heterocycles. The summed E-state index contributed by atoms with van der Waals surface area (Å²) in [5.74, 6) is -1.32. The summed E-state index contributed by atoms with van der Waals surface area (Å²) in [6.07, 6.45) is 0.179. The van der Waals surface area contributed by atoms with Crippen LogP contribution in [0.3, 0.4) is 0 Å². The third kappa shape index (κ3) is 4.92. The molecule has 0 aromatic heterocycles. The molecular formula is C18H18N2O7S. The third-order valence-electron chi connectivity index (χ3n) is 3.73. The highest BCUT2D eigenvalue weighted by molar-refractivity contribution is 7.84. The number of benzene rings is 2. The van der Waals surface area contributed by atoms with Crippen molar-refractivity contribution in [2.45, 2.75) is 17.9 Å². The molecule has 0 radical (unpaired) electrons. The Morgan fingerprint density at radius 2 is 1.89 bits per heavy atom. The predicted octanol–water partition coefficient (Wildman–Crippen LogP) is 2.52. The van der Waals surface area contributed by atoms with Crippen LogP contribution in [0.5, 0.6) is 5.75 Å². The van der Waals surface area contributed by atoms with Crippen molar-refractivity contribution >= 4 is 34.1 Å². The molecule has 2 aromatic rings. The zero-order valence-electron chi connectivity index (χ0n) is 15.3. The quantitative estimate of drug-likeness (QED) is 0.425. The summed E-state index contributed by atoms with van der Waals surface area (Å²) in [5.41, 5.74) is -0.342. The second kappa shape index (κ2) is 9.09. The van der Waals surface area contributed by atoms with Crippen LogP contribution in [-0.2, 0) is 20.3 Å². The number of ether oxygens (including phenoxy) is 2. The summed E-state index contributed by atoms with van der Waals surface area (Å²) in [6.45, 7) is 1.33. The van der Waals surface area contributed by atoms with Crippen molar-refractivity contribution in [3.05, 3.63) is 58.1 Å². The van der Waals surface area contributed by atoms with Crippen LogP contribution in [0.1, 0.15) is 17.3 Å². The molecule has 0 unspecified atom stereocenters. The summed E-state index contributed by atoms with van der Waals surface area (Å²) in [5, 5.41) is 13.6. The number of esters is 1. The maximum atomic E-state index is 12.3. The molecule has 28 heavy (non-hydrogen) atoms. The van der Waals surface area contributed by atoms with E-state index in [4.69, 9.17) is 9.47 Å². The highest BCUT2D eigenvalue weighted by atomic mass is 32.2. The second-order valence-corrected chi connectivity index (χ2v) is 6.98. The first-order valence-corrected chi connectivity index (χ1v) is 9.57. The Hall–Kier alpha value is -3.27. The molecule has 0 aliphatic carbocycles. The maximum Gasteiger partial charge on any atom is 0.340 e. The van der Waals surface area contributed by atoms with Crippen LogP contribution in [-0.4, -0.2) is 40.5 Å². The molecule has 148 valence electrons. The first kappa shape index (κ1) is 21.0. The summed E-state index contributed by atoms with van der Waals surface area (Å²) < 4.78 is 21.8. The minimum atomic E-state index is -1.42. The van der Waals surface area contributed by atoms with Crippen LogP contribution < -0.4 is 10.1 Å². The van der Waals surface area contributed by atoms with Crippen molar-refractivity contribution in [1.29, 1.82) is 0 Å². The van der Waals surface area contributed by atoms with Crippen LogP contribution in [0.2, 0.25) is 0 Å². The molecule has 0 heterocycles. The molecule has 0 aliphatic rings. The number of carbonyl (C=O) groups is 2. The normalized spacial score (nSPS) is 12.5. The van der Waals surface area contributed by atoms with E-state index in [0.29, 0.717) is 0 Å². The molecule has 1 amide bonds. The smallest absolute Gasteiger partial charge is 0.340 e. The van der Waals surface area contributed by atoms with E-state index < -0.39 is 33.7 Å². The second-order valence-electron chi connectivity index (χ2n) is 5.63. The van der Waals surface area contributed by atoms with Gasteiger partial charge in [-0.1, -0.05) is 12.1 Å². The number of anilines is 1. The van der Waals surface area contributed by atoms with Gasteiger partial charge in [-0.3, -0.25) is 19.1 Å². The zero-order chi connectivity index (χ0) is 20.8. The highest BCUT2D eigenvalue weighted by Crippen LogP contribution is 2.29. The van der Waals surface area contributed by atoms with Crippen molar-refractivity contribution in [2.75, 3.05) is 18.7 Å². The minimum Gasteiger partial charge on any atom is -0.496 e. The Kier molecular flexibility index (Phi) is 6.83. The monoisotopic (exact) mass is 406 g/mol. The van der Waals surface area contributed by atoms with E-state index in [1.54, 1.807) is 12.1 Å². The molecule has 0 spiro atoms. The molecule has 0 fully saturated rings. The van der Waals surface area contributed by atoms with Crippen LogP contribution >= 0.6 is 0 Å². The van der Waals surface area contributed by atoms with Crippen molar-refractivity contribution in [3.8, 4) is 5.75 Å². The fraction of sp³-hybridized carbons (Fsp3) is 0.222. The lowest BCUT2D eigenvalue weighted by Crippen LogP contribution is -2.30. The molecule has 0 saturated heterocycles. The lowest BCUT2D eigenvalue weighted by Gasteiger charge is -2.15. The van der Waals surface area contributed by atoms with Gasteiger partial charge in [-0.15, -0.1) is 0 Å². The van der Waals surface area contributed by atoms with E-state index in [9.17, 15) is 23.9 Å². The number of carbonyl (C=O) groups excluding carboxylic acids is 2. The van der Waals surface area contributed by atoms with Gasteiger partial charge in [0.2, 0.25) is 0 Å². The van der Waals surface area contributed by atoms with E-state index in [1.165, 1.54) is 50.6 Å². The van der Waals surface area contributed by atoms with Gasteiger partial charge in [-0.25, -0.2) is 4.79 Å². The largest absolute Gasteiger partial charge is 0.496 e. The number of nitro benzene ring substituents is 1. The summed E-state index contributed by atoms with van der Waals surface area (Å²) in [6, 6.07) is 10.1. The number of amides is 1. The van der Waals surface area contributed by atoms with Gasteiger partial charge < -0.3 is 14.8 Å². The average Bonchev–Trinajstić information content (AvgIpc) is 2.67. The van der Waals surface area contributed by atoms with Crippen molar-refractivity contribution in [3.63, 3.8) is 0 Å². The Morgan fingerprint density at radius 3 is 2.50 bits per heavy atom. The number of hydrogen-bond donors (Lipinski definition) is 1. The number of hydrogen-bond acceptors (Lipinski definition) is 7. The molecule has 0 bridgehead atoms. The van der Waals surface area contributed by atoms with Gasteiger partial charge in [0.15, 0.2) is 6.10 Å². The first-order chi connectivity index (χ1) is 13.2. The average molecular weight is 406 g/mol. The fourth-order valence-corrected chi connectivity index (χ4v) is 3.02. The van der Waals surface area contributed by atoms with Crippen molar-refractivity contribution < 1.29 is 28.2 Å². The molecule has 2 aromatic carbocycles. The summed E-state index contributed by atoms with van der Waals surface area (Å²) in [7, 11) is -0.0568. The highest BCUT2D eigenvalue weighted by Gasteiger charge is 2.24. The van der Waals surface area contributed by atoms with E-state index in [2.05, 4.69) is 5.32 Å². The Morgan fingerprint density at radius 1 is 1.21 bits per heavy atom. The van der Waals surface area contributed by atoms with Gasteiger partial charge in [0, 0.05) is 6.26 Å². The van der Waals surface area contributed by atoms with Crippen molar-refractivity contribution in [1.82, 2.24) is 0 Å². The lowest BCUT2D eigenvalue weighted by atomic mass is 10.2. The number of nitrogens with zero attached hydrogens (tertiary/aromatic N) is 1. The summed E-state index contributed by atoms with van der Waals surface area (Å²) in [4.78, 5) is 35.5. The standard InChI is InChI=1S/C18H18N2O7S/c1-11(27-18(22)13-6-4-5-7-16(13)28(3)25)17(21)19-14-9-8-12(26-2)10-15(14)20(23)24/h4-11H,1-3H3,(H,19,21)/t11-,28+/m1/s1. The first-order valence-electron chi connectivity index (χ1n) is 8.01. The number of nitro groups is 1. The van der Waals surface area contributed by atoms with Crippen LogP contribution in [0.15, 0.2) is 47.4 Å². The molecule has 9 nitrogen and oxygen atoms in total. The molecule has 2 rings (SSSR count). The maximum absolute atomic E-state index is 12.3. The minimum absolute atomic E-state index is 0.0613. The fourth-order valence-electron chi connectivity index (χ4n) is 2.29. The van der Waals surface area contributed by atoms with Crippen LogP contribution in [0.4, 0.5) is 11.4 Å². The molecular weight excluding hydrogens is 388 g/mol. The lowest BCUT2D eigenvalue weighted by molar-refractivity contribution is -0.384. The molecule has 1 N–H and O–H groups in total. The van der Waals surface area contributed by atoms with Crippen molar-refractivity contribution in [2.24, 2.45) is 0 Å². The van der Waals surface area contributed by atoms with Crippen LogP contribution in [0, 0.1) is 10.1 Å². The van der Waals surface area contributed by atoms with E-state index in [1.807, 2.05) is 0 Å². The molecule has 2 atom stereocenters. The third-order valence-corrected chi connectivity index (χ3v) is 4.70. The number of rotatable bonds is 7. The number of nitrogens with one attached hydrogen (secondary N) is 1. The summed E-state index contributed by atoms with van der Waals surface area (Å²) >= 11 is 0. The van der Waals surface area contributed by atoms with Gasteiger partial charge in [0.05, 0.1) is 39.4 Å². The van der Waals surface area contributed by atoms with Gasteiger partial charge in [0.25, 0.3) is 11.6 Å². The Labute approximate surface area is 163 Å². The van der Waals surface area contributed by atoms with Crippen LogP contribution in [0.25, 0.3) is 0 Å². The number of methoxy groups -OCH3 is 1. The Balaban J connectivity index is 2.15. The zero-order valence-corrected chi connectivity index (χ0v) is 16.1. The SMILES string of the molecule is COc1ccc(NC(=O)[C@@H](C)OC(=O)c2ccccc2[S@](C)=O)c([N+](=O)[O-])c1. The topological polar surface area (TPSA) is 125 Å². The Bertz CT molecular complexity index is 945. The van der Waals surface area contributed by atoms with E-state index in [0.717, 1.165) is 0 Å². The van der Waals surface area contributed by atoms with Gasteiger partial charge in [-0.2, -0.15) is 0 Å². The van der Waals surface area contributed by atoms with Gasteiger partial charge in [-0.05, 0) is 31.2 Å². The van der Waals surface area contributed by atoms with E-state index >= 15 is 0 Å².